The minimum absolute atomic E-state index is 0.0717. The van der Waals surface area contributed by atoms with Gasteiger partial charge in [-0.15, -0.1) is 0 Å². The van der Waals surface area contributed by atoms with Crippen LogP contribution in [0.3, 0.4) is 0 Å². The average molecular weight is 579 g/mol. The monoisotopic (exact) mass is 578 g/mol. The molecule has 7 rings (SSSR count). The van der Waals surface area contributed by atoms with Gasteiger partial charge in [0, 0.05) is 22.8 Å². The van der Waals surface area contributed by atoms with Crippen LogP contribution in [0.25, 0.3) is 5.69 Å². The Balaban J connectivity index is 1.36. The van der Waals surface area contributed by atoms with E-state index in [1.807, 2.05) is 6.07 Å². The summed E-state index contributed by atoms with van der Waals surface area (Å²) in [7, 11) is 0. The van der Waals surface area contributed by atoms with Gasteiger partial charge in [-0.2, -0.15) is 0 Å². The smallest absolute Gasteiger partial charge is 0.335 e. The minimum Gasteiger partial charge on any atom is -0.493 e. The van der Waals surface area contributed by atoms with Gasteiger partial charge in [0.25, 0.3) is 11.2 Å². The molecule has 9 nitrogen and oxygen atoms in total. The summed E-state index contributed by atoms with van der Waals surface area (Å²) in [4.78, 5) is 42.4. The lowest BCUT2D eigenvalue weighted by atomic mass is 9.48. The highest BCUT2D eigenvalue weighted by atomic mass is 79.9. The predicted octanol–water partition coefficient (Wildman–Crippen LogP) is 5.43. The molecule has 0 amide bonds. The van der Waals surface area contributed by atoms with Gasteiger partial charge < -0.3 is 5.11 Å². The third-order valence-electron chi connectivity index (χ3n) is 8.68. The summed E-state index contributed by atoms with van der Waals surface area (Å²) < 4.78 is 1.71. The van der Waals surface area contributed by atoms with E-state index in [4.69, 9.17) is 0 Å². The van der Waals surface area contributed by atoms with Crippen molar-refractivity contribution in [1.82, 2.24) is 9.55 Å². The van der Waals surface area contributed by atoms with Crippen molar-refractivity contribution in [3.8, 4) is 11.6 Å². The molecule has 2 N–H and O–H groups in total. The van der Waals surface area contributed by atoms with Crippen LogP contribution in [0.5, 0.6) is 5.88 Å². The van der Waals surface area contributed by atoms with E-state index < -0.39 is 22.1 Å². The van der Waals surface area contributed by atoms with E-state index in [9.17, 15) is 24.8 Å². The molecule has 4 bridgehead atoms. The molecule has 2 aromatic carbocycles. The van der Waals surface area contributed by atoms with E-state index in [1.54, 1.807) is 6.92 Å². The lowest BCUT2D eigenvalue weighted by Crippen LogP contribution is -2.48. The van der Waals surface area contributed by atoms with Crippen LogP contribution >= 0.6 is 15.9 Å². The number of aromatic amines is 1. The van der Waals surface area contributed by atoms with E-state index in [-0.39, 0.29) is 16.7 Å². The Hall–Kier alpha value is -3.53. The Morgan fingerprint density at radius 3 is 2.34 bits per heavy atom. The van der Waals surface area contributed by atoms with Crippen molar-refractivity contribution in [3.05, 3.63) is 88.5 Å². The third-order valence-corrected chi connectivity index (χ3v) is 9.32. The first-order valence-corrected chi connectivity index (χ1v) is 13.6. The quantitative estimate of drug-likeness (QED) is 0.237. The average Bonchev–Trinajstić information content (AvgIpc) is 2.84. The van der Waals surface area contributed by atoms with Gasteiger partial charge in [-0.25, -0.2) is 9.36 Å². The van der Waals surface area contributed by atoms with Crippen molar-refractivity contribution in [3.63, 3.8) is 0 Å². The van der Waals surface area contributed by atoms with Crippen LogP contribution in [0.2, 0.25) is 0 Å². The van der Waals surface area contributed by atoms with Crippen molar-refractivity contribution in [2.75, 3.05) is 0 Å². The van der Waals surface area contributed by atoms with Crippen LogP contribution in [-0.4, -0.2) is 25.8 Å². The number of hydrogen-bond donors (Lipinski definition) is 2. The van der Waals surface area contributed by atoms with Gasteiger partial charge in [0.15, 0.2) is 0 Å². The van der Waals surface area contributed by atoms with Crippen LogP contribution in [-0.2, 0) is 5.41 Å². The molecular formula is C28H27BrN4O5. The highest BCUT2D eigenvalue weighted by molar-refractivity contribution is 9.10. The van der Waals surface area contributed by atoms with Crippen molar-refractivity contribution in [2.24, 2.45) is 22.7 Å². The zero-order chi connectivity index (χ0) is 26.8. The number of nitrogens with zero attached hydrogens (tertiary/aromatic N) is 3. The number of aromatic hydroxyl groups is 1. The molecule has 0 radical (unpaired) electrons. The lowest BCUT2D eigenvalue weighted by molar-refractivity contribution is -0.384. The summed E-state index contributed by atoms with van der Waals surface area (Å²) in [5.41, 5.74) is 0.965. The van der Waals surface area contributed by atoms with E-state index in [0.717, 1.165) is 28.5 Å². The van der Waals surface area contributed by atoms with Gasteiger partial charge in [-0.05, 0) is 114 Å². The SMILES string of the molecule is Cc1cc([N+](=O)[O-])ccc1N=Cc1c(O)n(-c2ccc(C34CC5CC(CC(C5)C3)C4)cc2Br)c(=O)[nH]c1=O. The number of benzene rings is 2. The summed E-state index contributed by atoms with van der Waals surface area (Å²) >= 11 is 3.63. The fourth-order valence-corrected chi connectivity index (χ4v) is 7.95. The maximum atomic E-state index is 12.8. The molecule has 10 heteroatoms. The lowest BCUT2D eigenvalue weighted by Gasteiger charge is -2.57. The molecule has 0 spiro atoms. The van der Waals surface area contributed by atoms with Gasteiger partial charge >= 0.3 is 5.69 Å². The van der Waals surface area contributed by atoms with E-state index in [2.05, 4.69) is 38.0 Å². The summed E-state index contributed by atoms with van der Waals surface area (Å²) in [5, 5.41) is 22.0. The normalized spacial score (nSPS) is 25.8. The van der Waals surface area contributed by atoms with Crippen molar-refractivity contribution in [2.45, 2.75) is 50.9 Å². The first-order valence-electron chi connectivity index (χ1n) is 12.8. The van der Waals surface area contributed by atoms with E-state index in [0.29, 0.717) is 21.4 Å². The second-order valence-electron chi connectivity index (χ2n) is 11.2. The number of aromatic nitrogens is 2. The summed E-state index contributed by atoms with van der Waals surface area (Å²) in [6.07, 6.45) is 8.83. The van der Waals surface area contributed by atoms with E-state index in [1.165, 1.54) is 62.3 Å². The van der Waals surface area contributed by atoms with Crippen molar-refractivity contribution < 1.29 is 10.0 Å². The molecule has 1 aromatic heterocycles. The molecule has 0 atom stereocenters. The molecule has 4 saturated carbocycles. The first-order chi connectivity index (χ1) is 18.1. The fraction of sp³-hybridized carbons (Fsp3) is 0.393. The van der Waals surface area contributed by atoms with E-state index >= 15 is 0 Å². The van der Waals surface area contributed by atoms with Gasteiger partial charge in [0.1, 0.15) is 5.56 Å². The summed E-state index contributed by atoms with van der Waals surface area (Å²) in [5.74, 6) is 1.86. The second kappa shape index (κ2) is 9.04. The summed E-state index contributed by atoms with van der Waals surface area (Å²) in [6, 6.07) is 10.1. The number of halogens is 1. The molecule has 0 unspecified atom stereocenters. The standard InChI is InChI=1S/C28H27BrN4O5/c1-15-6-20(33(37)38)3-4-23(15)30-14-21-25(34)31-27(36)32(26(21)35)24-5-2-19(10-22(24)29)28-11-16-7-17(12-28)9-18(8-16)13-28/h2-6,10,14,16-18,35H,7-9,11-13H2,1H3,(H,31,34,36). The maximum absolute atomic E-state index is 12.8. The van der Waals surface area contributed by atoms with Crippen LogP contribution in [0.15, 0.2) is 55.5 Å². The number of rotatable bonds is 5. The number of nitrogens with one attached hydrogen (secondary N) is 1. The van der Waals surface area contributed by atoms with Crippen LogP contribution in [0.1, 0.15) is 55.2 Å². The highest BCUT2D eigenvalue weighted by Gasteiger charge is 2.51. The molecule has 3 aromatic rings. The number of nitro groups is 1. The second-order valence-corrected chi connectivity index (χ2v) is 12.0. The molecule has 4 fully saturated rings. The minimum atomic E-state index is -0.784. The number of hydrogen-bond acceptors (Lipinski definition) is 6. The maximum Gasteiger partial charge on any atom is 0.335 e. The van der Waals surface area contributed by atoms with Gasteiger partial charge in [0.2, 0.25) is 5.88 Å². The molecule has 4 aliphatic carbocycles. The van der Waals surface area contributed by atoms with Crippen LogP contribution in [0.4, 0.5) is 11.4 Å². The number of aliphatic imine (C=N–C) groups is 1. The molecule has 38 heavy (non-hydrogen) atoms. The zero-order valence-electron chi connectivity index (χ0n) is 20.8. The Bertz CT molecular complexity index is 1590. The molecule has 196 valence electrons. The number of H-pyrrole nitrogens is 1. The highest BCUT2D eigenvalue weighted by Crippen LogP contribution is 2.61. The Labute approximate surface area is 226 Å². The molecule has 0 aliphatic heterocycles. The van der Waals surface area contributed by atoms with Crippen molar-refractivity contribution >= 4 is 33.5 Å². The number of non-ortho nitro benzene ring substituents is 1. The Kier molecular flexibility index (Phi) is 5.90. The summed E-state index contributed by atoms with van der Waals surface area (Å²) in [6.45, 7) is 1.66. The van der Waals surface area contributed by atoms with Crippen LogP contribution in [0, 0.1) is 34.8 Å². The third kappa shape index (κ3) is 4.11. The molecular weight excluding hydrogens is 552 g/mol. The van der Waals surface area contributed by atoms with Gasteiger partial charge in [0.05, 0.1) is 16.3 Å². The van der Waals surface area contributed by atoms with Gasteiger partial charge in [-0.1, -0.05) is 6.07 Å². The Morgan fingerprint density at radius 2 is 1.76 bits per heavy atom. The molecule has 1 heterocycles. The number of aryl methyl sites for hydroxylation is 1. The predicted molar refractivity (Wildman–Crippen MR) is 147 cm³/mol. The topological polar surface area (TPSA) is 131 Å². The fourth-order valence-electron chi connectivity index (χ4n) is 7.39. The molecule has 0 saturated heterocycles. The Morgan fingerprint density at radius 1 is 1.11 bits per heavy atom. The largest absolute Gasteiger partial charge is 0.493 e. The van der Waals surface area contributed by atoms with Gasteiger partial charge in [-0.3, -0.25) is 24.9 Å². The van der Waals surface area contributed by atoms with Crippen LogP contribution < -0.4 is 11.2 Å². The first kappa shape index (κ1) is 24.8. The molecule has 4 aliphatic rings. The zero-order valence-corrected chi connectivity index (χ0v) is 22.4. The number of nitro benzene ring substituents is 1. The van der Waals surface area contributed by atoms with Crippen molar-refractivity contribution in [1.29, 1.82) is 0 Å².